The molecular weight excluding hydrogens is 234 g/mol. The summed E-state index contributed by atoms with van der Waals surface area (Å²) in [6.07, 6.45) is 14.1. The van der Waals surface area contributed by atoms with Gasteiger partial charge in [-0.05, 0) is 24.8 Å². The molecule has 19 heavy (non-hydrogen) atoms. The van der Waals surface area contributed by atoms with E-state index < -0.39 is 0 Å². The van der Waals surface area contributed by atoms with Crippen LogP contribution in [0.4, 0.5) is 0 Å². The monoisotopic (exact) mass is 264 g/mol. The Morgan fingerprint density at radius 2 is 1.89 bits per heavy atom. The zero-order valence-corrected chi connectivity index (χ0v) is 12.9. The van der Waals surface area contributed by atoms with Crippen LogP contribution in [-0.2, 0) is 0 Å². The molecule has 1 atom stereocenters. The molecule has 0 fully saturated rings. The molecule has 0 aliphatic rings. The van der Waals surface area contributed by atoms with Gasteiger partial charge < -0.3 is 0 Å². The third kappa shape index (κ3) is 6.42. The van der Waals surface area contributed by atoms with Gasteiger partial charge in [0.05, 0.1) is 0 Å². The third-order valence-corrected chi connectivity index (χ3v) is 3.82. The van der Waals surface area contributed by atoms with Crippen molar-refractivity contribution in [3.8, 4) is 0 Å². The summed E-state index contributed by atoms with van der Waals surface area (Å²) in [5.74, 6) is 0. The molecule has 0 saturated heterocycles. The predicted molar refractivity (Wildman–Crippen MR) is 83.7 cm³/mol. The van der Waals surface area contributed by atoms with Crippen LogP contribution in [0.5, 0.6) is 0 Å². The summed E-state index contributed by atoms with van der Waals surface area (Å²) in [6.45, 7) is 14.0. The molecule has 0 aromatic carbocycles. The lowest BCUT2D eigenvalue weighted by Gasteiger charge is -2.28. The van der Waals surface area contributed by atoms with Crippen LogP contribution >= 0.6 is 0 Å². The van der Waals surface area contributed by atoms with E-state index in [1.807, 2.05) is 6.08 Å². The molecule has 0 radical (unpaired) electrons. The van der Waals surface area contributed by atoms with Gasteiger partial charge in [-0.25, -0.2) is 0 Å². The van der Waals surface area contributed by atoms with Crippen molar-refractivity contribution in [2.75, 3.05) is 0 Å². The van der Waals surface area contributed by atoms with E-state index in [2.05, 4.69) is 33.9 Å². The Bertz CT molecular complexity index is 341. The molecule has 0 aromatic heterocycles. The van der Waals surface area contributed by atoms with E-state index in [-0.39, 0.29) is 5.41 Å². The van der Waals surface area contributed by atoms with Gasteiger partial charge in [0, 0.05) is 10.3 Å². The van der Waals surface area contributed by atoms with Gasteiger partial charge in [-0.15, -0.1) is 0 Å². The van der Waals surface area contributed by atoms with Gasteiger partial charge in [-0.3, -0.25) is 5.21 Å². The summed E-state index contributed by atoms with van der Waals surface area (Å²) in [4.78, 5) is 0. The summed E-state index contributed by atoms with van der Waals surface area (Å²) in [6, 6.07) is 0. The highest BCUT2D eigenvalue weighted by Gasteiger charge is 2.27. The van der Waals surface area contributed by atoms with Gasteiger partial charge in [0.1, 0.15) is 0 Å². The van der Waals surface area contributed by atoms with Crippen LogP contribution in [0.15, 0.2) is 37.1 Å². The van der Waals surface area contributed by atoms with Crippen molar-refractivity contribution < 1.29 is 9.95 Å². The molecule has 0 amide bonds. The second-order valence-corrected chi connectivity index (χ2v) is 5.27. The standard InChI is InChI=1S/C17H30NO/c1-6-10-11-12-14-17(5,8-3)16(13-7-2)15-18(19)9-4/h7,9,13,15,19H,2,4,6,8,10-12,14H2,1,3,5H3/q+1/b16-13+,18-15+. The summed E-state index contributed by atoms with van der Waals surface area (Å²) in [7, 11) is 0. The van der Waals surface area contributed by atoms with Gasteiger partial charge in [-0.1, -0.05) is 65.2 Å². The van der Waals surface area contributed by atoms with Crippen LogP contribution in [0.3, 0.4) is 0 Å². The lowest BCUT2D eigenvalue weighted by Crippen LogP contribution is -2.21. The number of unbranched alkanes of at least 4 members (excludes halogenated alkanes) is 3. The number of allylic oxidation sites excluding steroid dienone is 3. The van der Waals surface area contributed by atoms with Crippen LogP contribution < -0.4 is 0 Å². The van der Waals surface area contributed by atoms with Gasteiger partial charge in [0.15, 0.2) is 0 Å². The Kier molecular flexibility index (Phi) is 8.94. The number of hydrogen-bond acceptors (Lipinski definition) is 1. The molecule has 0 bridgehead atoms. The topological polar surface area (TPSA) is 23.2 Å². The van der Waals surface area contributed by atoms with Crippen LogP contribution in [0.1, 0.15) is 59.3 Å². The van der Waals surface area contributed by atoms with Crippen LogP contribution in [0, 0.1) is 5.41 Å². The first kappa shape index (κ1) is 17.7. The Morgan fingerprint density at radius 3 is 2.37 bits per heavy atom. The summed E-state index contributed by atoms with van der Waals surface area (Å²) < 4.78 is 1.02. The molecule has 0 heterocycles. The van der Waals surface area contributed by atoms with Crippen molar-refractivity contribution in [2.45, 2.75) is 59.3 Å². The van der Waals surface area contributed by atoms with Crippen LogP contribution in [0.2, 0.25) is 0 Å². The SMILES string of the molecule is C=C/C=C(\C=[N+](\O)C=C)C(C)(CC)CCCCCC. The number of hydrogen-bond donors (Lipinski definition) is 1. The fourth-order valence-corrected chi connectivity index (χ4v) is 2.19. The van der Waals surface area contributed by atoms with Crippen molar-refractivity contribution in [1.82, 2.24) is 0 Å². The molecular formula is C17H30NO+. The molecule has 1 N–H and O–H groups in total. The minimum atomic E-state index is 0.0753. The number of nitrogens with zero attached hydrogens (tertiary/aromatic N) is 1. The minimum Gasteiger partial charge on any atom is -0.285 e. The normalized spacial score (nSPS) is 15.9. The predicted octanol–water partition coefficient (Wildman–Crippen LogP) is 5.10. The average molecular weight is 264 g/mol. The van der Waals surface area contributed by atoms with Crippen molar-refractivity contribution in [3.05, 3.63) is 37.1 Å². The highest BCUT2D eigenvalue weighted by Crippen LogP contribution is 2.35. The highest BCUT2D eigenvalue weighted by atomic mass is 16.5. The lowest BCUT2D eigenvalue weighted by molar-refractivity contribution is -0.721. The van der Waals surface area contributed by atoms with Crippen molar-refractivity contribution >= 4 is 6.21 Å². The van der Waals surface area contributed by atoms with Gasteiger partial charge in [0.25, 0.3) is 0 Å². The second-order valence-electron chi connectivity index (χ2n) is 5.27. The van der Waals surface area contributed by atoms with Gasteiger partial charge >= 0.3 is 0 Å². The van der Waals surface area contributed by atoms with E-state index in [1.165, 1.54) is 31.9 Å². The lowest BCUT2D eigenvalue weighted by atomic mass is 9.75. The largest absolute Gasteiger partial charge is 0.285 e. The first-order chi connectivity index (χ1) is 9.03. The Labute approximate surface area is 118 Å². The Balaban J connectivity index is 4.95. The summed E-state index contributed by atoms with van der Waals surface area (Å²) in [5, 5.41) is 9.61. The Hall–Kier alpha value is -1.31. The quantitative estimate of drug-likeness (QED) is 0.145. The molecule has 0 aliphatic carbocycles. The summed E-state index contributed by atoms with van der Waals surface area (Å²) >= 11 is 0. The molecule has 0 aromatic rings. The fraction of sp³-hybridized carbons (Fsp3) is 0.588. The molecule has 2 nitrogen and oxygen atoms in total. The van der Waals surface area contributed by atoms with Crippen molar-refractivity contribution in [3.63, 3.8) is 0 Å². The smallest absolute Gasteiger partial charge is 0.225 e. The maximum atomic E-state index is 9.61. The highest BCUT2D eigenvalue weighted by molar-refractivity contribution is 5.76. The van der Waals surface area contributed by atoms with Gasteiger partial charge in [-0.2, -0.15) is 0 Å². The Morgan fingerprint density at radius 1 is 1.21 bits per heavy atom. The minimum absolute atomic E-state index is 0.0753. The molecule has 0 spiro atoms. The van der Waals surface area contributed by atoms with E-state index >= 15 is 0 Å². The van der Waals surface area contributed by atoms with E-state index in [1.54, 1.807) is 12.3 Å². The van der Waals surface area contributed by atoms with E-state index in [0.717, 1.165) is 23.2 Å². The van der Waals surface area contributed by atoms with E-state index in [4.69, 9.17) is 0 Å². The number of hydroxylamine groups is 1. The van der Waals surface area contributed by atoms with Crippen molar-refractivity contribution in [2.24, 2.45) is 5.41 Å². The summed E-state index contributed by atoms with van der Waals surface area (Å²) in [5.41, 5.74) is 1.18. The average Bonchev–Trinajstić information content (AvgIpc) is 2.42. The third-order valence-electron chi connectivity index (χ3n) is 3.82. The van der Waals surface area contributed by atoms with E-state index in [9.17, 15) is 5.21 Å². The zero-order chi connectivity index (χ0) is 14.7. The molecule has 108 valence electrons. The molecule has 0 rings (SSSR count). The molecule has 1 unspecified atom stereocenters. The first-order valence-corrected chi connectivity index (χ1v) is 7.31. The van der Waals surface area contributed by atoms with Crippen LogP contribution in [0.25, 0.3) is 0 Å². The second kappa shape index (κ2) is 9.60. The first-order valence-electron chi connectivity index (χ1n) is 7.31. The van der Waals surface area contributed by atoms with E-state index in [0.29, 0.717) is 0 Å². The maximum Gasteiger partial charge on any atom is 0.225 e. The molecule has 0 aliphatic heterocycles. The zero-order valence-electron chi connectivity index (χ0n) is 12.9. The number of rotatable bonds is 10. The molecule has 2 heteroatoms. The fourth-order valence-electron chi connectivity index (χ4n) is 2.19. The molecule has 0 saturated carbocycles. The maximum absolute atomic E-state index is 9.61. The van der Waals surface area contributed by atoms with Gasteiger partial charge in [0.2, 0.25) is 12.4 Å². The van der Waals surface area contributed by atoms with Crippen molar-refractivity contribution in [1.29, 1.82) is 0 Å². The van der Waals surface area contributed by atoms with Crippen LogP contribution in [-0.4, -0.2) is 16.2 Å².